The van der Waals surface area contributed by atoms with E-state index >= 15 is 0 Å². The molecule has 2 aromatic heterocycles. The van der Waals surface area contributed by atoms with Gasteiger partial charge < -0.3 is 4.42 Å². The van der Waals surface area contributed by atoms with Crippen molar-refractivity contribution in [3.8, 4) is 78.7 Å². The Hall–Kier alpha value is -7.43. The summed E-state index contributed by atoms with van der Waals surface area (Å²) in [5.74, 6) is 1.82. The van der Waals surface area contributed by atoms with Crippen molar-refractivity contribution in [3.05, 3.63) is 199 Å². The number of fused-ring (bicyclic) bond motifs is 6. The zero-order valence-electron chi connectivity index (χ0n) is 32.1. The number of furan rings is 1. The molecule has 10 aromatic rings. The van der Waals surface area contributed by atoms with Gasteiger partial charge in [-0.2, -0.15) is 0 Å². The fraction of sp³-hybridized carbons (Fsp3) is 0.0556. The summed E-state index contributed by atoms with van der Waals surface area (Å²) in [6.45, 7) is 4.63. The minimum Gasteiger partial charge on any atom is -0.456 e. The molecule has 58 heavy (non-hydrogen) atoms. The Balaban J connectivity index is 0.994. The van der Waals surface area contributed by atoms with Gasteiger partial charge in [0.2, 0.25) is 0 Å². The van der Waals surface area contributed by atoms with E-state index in [-0.39, 0.29) is 5.41 Å². The Morgan fingerprint density at radius 2 is 0.862 bits per heavy atom. The second kappa shape index (κ2) is 13.4. The molecule has 0 bridgehead atoms. The normalized spacial score (nSPS) is 12.8. The second-order valence-electron chi connectivity index (χ2n) is 15.6. The van der Waals surface area contributed by atoms with Gasteiger partial charge in [-0.3, -0.25) is 0 Å². The molecule has 0 unspecified atom stereocenters. The highest BCUT2D eigenvalue weighted by molar-refractivity contribution is 6.13. The van der Waals surface area contributed by atoms with Crippen molar-refractivity contribution in [2.75, 3.05) is 0 Å². The molecule has 11 rings (SSSR count). The molecule has 1 aliphatic carbocycles. The topological polar surface area (TPSA) is 51.8 Å². The van der Waals surface area contributed by atoms with Crippen LogP contribution in [0.4, 0.5) is 0 Å². The van der Waals surface area contributed by atoms with Crippen LogP contribution in [0.25, 0.3) is 101 Å². The maximum absolute atomic E-state index is 6.56. The maximum atomic E-state index is 6.56. The monoisotopic (exact) mass is 743 g/mol. The third-order valence-electron chi connectivity index (χ3n) is 11.8. The number of rotatable bonds is 6. The summed E-state index contributed by atoms with van der Waals surface area (Å²) in [5, 5.41) is 2.14. The predicted molar refractivity (Wildman–Crippen MR) is 237 cm³/mol. The van der Waals surface area contributed by atoms with Crippen molar-refractivity contribution in [3.63, 3.8) is 0 Å². The van der Waals surface area contributed by atoms with Crippen LogP contribution in [0.5, 0.6) is 0 Å². The third kappa shape index (κ3) is 5.64. The number of hydrogen-bond donors (Lipinski definition) is 0. The SMILES string of the molecule is CC1(C)c2ccccc2-c2cc(-c3cccc(-c4nc(-c5ccccc5)nc(-c5ccc6c(c5)oc5cccc(-c7ccc(-c8ccccc8)cc7)c56)n4)c3)ccc21. The molecule has 0 fully saturated rings. The lowest BCUT2D eigenvalue weighted by Gasteiger charge is -2.21. The van der Waals surface area contributed by atoms with E-state index in [1.54, 1.807) is 0 Å². The van der Waals surface area contributed by atoms with Crippen LogP contribution in [0, 0.1) is 0 Å². The molecule has 0 atom stereocenters. The fourth-order valence-corrected chi connectivity index (χ4v) is 8.77. The highest BCUT2D eigenvalue weighted by Gasteiger charge is 2.35. The highest BCUT2D eigenvalue weighted by Crippen LogP contribution is 2.49. The van der Waals surface area contributed by atoms with E-state index in [2.05, 4.69) is 159 Å². The molecule has 274 valence electrons. The van der Waals surface area contributed by atoms with E-state index in [1.165, 1.54) is 33.4 Å². The summed E-state index contributed by atoms with van der Waals surface area (Å²) in [6.07, 6.45) is 0. The molecule has 8 aromatic carbocycles. The predicted octanol–water partition coefficient (Wildman–Crippen LogP) is 14.1. The van der Waals surface area contributed by atoms with E-state index in [9.17, 15) is 0 Å². The summed E-state index contributed by atoms with van der Waals surface area (Å²) in [6, 6.07) is 66.1. The van der Waals surface area contributed by atoms with Crippen LogP contribution in [0.1, 0.15) is 25.0 Å². The van der Waals surface area contributed by atoms with Gasteiger partial charge in [0.05, 0.1) is 0 Å². The highest BCUT2D eigenvalue weighted by atomic mass is 16.3. The molecule has 0 spiro atoms. The standard InChI is InChI=1S/C54H37N3O/c1-54(2)46-21-10-9-19-43(46)45-32-39(28-30-47(45)54)38-17-11-18-40(31-38)52-55-51(37-15-7-4-8-16-37)56-53(57-52)41-27-29-44-49(33-41)58-48-22-12-20-42(50(44)48)36-25-23-35(24-26-36)34-13-5-3-6-14-34/h3-33H,1-2H3. The quantitative estimate of drug-likeness (QED) is 0.170. The van der Waals surface area contributed by atoms with E-state index < -0.39 is 0 Å². The molecular weight excluding hydrogens is 707 g/mol. The molecule has 0 saturated carbocycles. The van der Waals surface area contributed by atoms with Crippen LogP contribution < -0.4 is 0 Å². The van der Waals surface area contributed by atoms with Crippen molar-refractivity contribution in [2.45, 2.75) is 19.3 Å². The lowest BCUT2D eigenvalue weighted by atomic mass is 9.82. The number of hydrogen-bond acceptors (Lipinski definition) is 4. The smallest absolute Gasteiger partial charge is 0.164 e. The van der Waals surface area contributed by atoms with Gasteiger partial charge in [0, 0.05) is 32.9 Å². The van der Waals surface area contributed by atoms with Crippen molar-refractivity contribution >= 4 is 21.9 Å². The van der Waals surface area contributed by atoms with Gasteiger partial charge in [-0.15, -0.1) is 0 Å². The van der Waals surface area contributed by atoms with E-state index in [0.717, 1.165) is 60.9 Å². The number of aromatic nitrogens is 3. The lowest BCUT2D eigenvalue weighted by Crippen LogP contribution is -2.14. The van der Waals surface area contributed by atoms with Crippen molar-refractivity contribution in [1.82, 2.24) is 15.0 Å². The van der Waals surface area contributed by atoms with Crippen LogP contribution >= 0.6 is 0 Å². The van der Waals surface area contributed by atoms with E-state index in [1.807, 2.05) is 42.5 Å². The Bertz CT molecular complexity index is 3180. The van der Waals surface area contributed by atoms with E-state index in [4.69, 9.17) is 19.4 Å². The number of nitrogens with zero attached hydrogens (tertiary/aromatic N) is 3. The zero-order chi connectivity index (χ0) is 38.8. The first-order valence-corrected chi connectivity index (χ1v) is 19.8. The average Bonchev–Trinajstić information content (AvgIpc) is 3.78. The minimum absolute atomic E-state index is 0.0375. The van der Waals surface area contributed by atoms with Crippen molar-refractivity contribution < 1.29 is 4.42 Å². The van der Waals surface area contributed by atoms with Gasteiger partial charge in [0.15, 0.2) is 17.5 Å². The summed E-state index contributed by atoms with van der Waals surface area (Å²) in [5.41, 5.74) is 16.6. The van der Waals surface area contributed by atoms with E-state index in [0.29, 0.717) is 17.5 Å². The largest absolute Gasteiger partial charge is 0.456 e. The summed E-state index contributed by atoms with van der Waals surface area (Å²) < 4.78 is 6.56. The Labute approximate surface area is 337 Å². The van der Waals surface area contributed by atoms with Gasteiger partial charge in [0.25, 0.3) is 0 Å². The lowest BCUT2D eigenvalue weighted by molar-refractivity contribution is 0.660. The summed E-state index contributed by atoms with van der Waals surface area (Å²) >= 11 is 0. The van der Waals surface area contributed by atoms with Gasteiger partial charge in [-0.05, 0) is 86.0 Å². The minimum atomic E-state index is -0.0375. The van der Waals surface area contributed by atoms with Crippen LogP contribution in [0.15, 0.2) is 192 Å². The maximum Gasteiger partial charge on any atom is 0.164 e. The average molecular weight is 744 g/mol. The fourth-order valence-electron chi connectivity index (χ4n) is 8.77. The molecule has 4 heteroatoms. The van der Waals surface area contributed by atoms with Crippen LogP contribution in [0.2, 0.25) is 0 Å². The second-order valence-corrected chi connectivity index (χ2v) is 15.6. The first-order chi connectivity index (χ1) is 28.5. The van der Waals surface area contributed by atoms with Gasteiger partial charge >= 0.3 is 0 Å². The molecule has 0 aliphatic heterocycles. The molecule has 0 N–H and O–H groups in total. The molecular formula is C54H37N3O. The summed E-state index contributed by atoms with van der Waals surface area (Å²) in [4.78, 5) is 15.2. The molecule has 0 amide bonds. The van der Waals surface area contributed by atoms with Crippen LogP contribution in [-0.4, -0.2) is 15.0 Å². The molecule has 0 saturated heterocycles. The summed E-state index contributed by atoms with van der Waals surface area (Å²) in [7, 11) is 0. The van der Waals surface area contributed by atoms with Crippen LogP contribution in [0.3, 0.4) is 0 Å². The Morgan fingerprint density at radius 3 is 1.64 bits per heavy atom. The Kier molecular flexibility index (Phi) is 7.80. The third-order valence-corrected chi connectivity index (χ3v) is 11.8. The van der Waals surface area contributed by atoms with Crippen LogP contribution in [-0.2, 0) is 5.41 Å². The zero-order valence-corrected chi connectivity index (χ0v) is 32.1. The molecule has 0 radical (unpaired) electrons. The van der Waals surface area contributed by atoms with Crippen molar-refractivity contribution in [2.24, 2.45) is 0 Å². The van der Waals surface area contributed by atoms with Crippen molar-refractivity contribution in [1.29, 1.82) is 0 Å². The first kappa shape index (κ1) is 33.9. The molecule has 1 aliphatic rings. The van der Waals surface area contributed by atoms with Gasteiger partial charge in [-0.25, -0.2) is 15.0 Å². The first-order valence-electron chi connectivity index (χ1n) is 19.8. The number of benzene rings is 8. The van der Waals surface area contributed by atoms with Gasteiger partial charge in [0.1, 0.15) is 11.2 Å². The molecule has 2 heterocycles. The molecule has 4 nitrogen and oxygen atoms in total. The Morgan fingerprint density at radius 1 is 0.345 bits per heavy atom. The van der Waals surface area contributed by atoms with Gasteiger partial charge in [-0.1, -0.05) is 172 Å².